The predicted octanol–water partition coefficient (Wildman–Crippen LogP) is 3.22. The number of aliphatic carboxylic acids is 1. The van der Waals surface area contributed by atoms with Gasteiger partial charge in [0.15, 0.2) is 0 Å². The number of benzene rings is 2. The van der Waals surface area contributed by atoms with Crippen molar-refractivity contribution in [2.75, 3.05) is 26.7 Å². The molecule has 4 rings (SSSR count). The molecule has 2 aliphatic rings. The normalized spacial score (nSPS) is 20.4. The number of likely N-dealkylation sites (N-methyl/N-ethyl adjacent to an activating group) is 1. The zero-order valence-electron chi connectivity index (χ0n) is 19.6. The second-order valence-electron chi connectivity index (χ2n) is 8.93. The highest BCUT2D eigenvalue weighted by Gasteiger charge is 2.38. The van der Waals surface area contributed by atoms with Crippen LogP contribution in [-0.2, 0) is 20.8 Å². The Morgan fingerprint density at radius 3 is 2.31 bits per heavy atom. The summed E-state index contributed by atoms with van der Waals surface area (Å²) in [5.41, 5.74) is 1.00. The summed E-state index contributed by atoms with van der Waals surface area (Å²) in [7, 11) is 2.11. The van der Waals surface area contributed by atoms with Crippen LogP contribution in [-0.4, -0.2) is 77.6 Å². The number of nitrogens with one attached hydrogen (secondary N) is 1. The zero-order valence-corrected chi connectivity index (χ0v) is 19.6. The van der Waals surface area contributed by atoms with Gasteiger partial charge in [0.2, 0.25) is 11.8 Å². The molecule has 7 nitrogen and oxygen atoms in total. The minimum Gasteiger partial charge on any atom is -0.475 e. The molecule has 0 aliphatic carbocycles. The molecule has 2 N–H and O–H groups in total. The van der Waals surface area contributed by atoms with E-state index in [1.165, 1.54) is 11.8 Å². The maximum atomic E-state index is 12.9. The predicted molar refractivity (Wildman–Crippen MR) is 125 cm³/mol. The SMILES string of the molecule is CN1CCC[C@H]1CNC(=O)C1CCCN1C(=O)Cc1ccc2ccccc2c1.O=C(O)C(F)(F)F. The van der Waals surface area contributed by atoms with Crippen molar-refractivity contribution in [3.05, 3.63) is 48.0 Å². The van der Waals surface area contributed by atoms with Crippen LogP contribution in [0.15, 0.2) is 42.5 Å². The van der Waals surface area contributed by atoms with Crippen LogP contribution in [0.2, 0.25) is 0 Å². The van der Waals surface area contributed by atoms with E-state index in [9.17, 15) is 22.8 Å². The highest BCUT2D eigenvalue weighted by Crippen LogP contribution is 2.21. The second kappa shape index (κ2) is 11.5. The van der Waals surface area contributed by atoms with Crippen LogP contribution in [0.3, 0.4) is 0 Å². The Morgan fingerprint density at radius 1 is 1.03 bits per heavy atom. The fourth-order valence-electron chi connectivity index (χ4n) is 4.54. The molecule has 2 heterocycles. The number of fused-ring (bicyclic) bond motifs is 1. The first-order chi connectivity index (χ1) is 16.6. The lowest BCUT2D eigenvalue weighted by molar-refractivity contribution is -0.192. The number of amides is 2. The van der Waals surface area contributed by atoms with E-state index in [1.807, 2.05) is 18.2 Å². The van der Waals surface area contributed by atoms with Crippen molar-refractivity contribution in [1.82, 2.24) is 15.1 Å². The summed E-state index contributed by atoms with van der Waals surface area (Å²) in [6.45, 7) is 2.45. The maximum Gasteiger partial charge on any atom is 0.490 e. The summed E-state index contributed by atoms with van der Waals surface area (Å²) >= 11 is 0. The first kappa shape index (κ1) is 26.5. The molecule has 1 unspecified atom stereocenters. The van der Waals surface area contributed by atoms with Crippen LogP contribution in [0, 0.1) is 0 Å². The van der Waals surface area contributed by atoms with Crippen molar-refractivity contribution in [2.45, 2.75) is 50.4 Å². The number of carbonyl (C=O) groups excluding carboxylic acids is 2. The first-order valence-corrected chi connectivity index (χ1v) is 11.6. The van der Waals surface area contributed by atoms with E-state index in [1.54, 1.807) is 4.90 Å². The van der Waals surface area contributed by atoms with Gasteiger partial charge in [-0.05, 0) is 55.6 Å². The number of alkyl halides is 3. The maximum absolute atomic E-state index is 12.9. The first-order valence-electron chi connectivity index (χ1n) is 11.6. The van der Waals surface area contributed by atoms with Gasteiger partial charge in [0, 0.05) is 19.1 Å². The summed E-state index contributed by atoms with van der Waals surface area (Å²) in [4.78, 5) is 38.6. The number of halogens is 3. The number of carboxylic acids is 1. The van der Waals surface area contributed by atoms with Gasteiger partial charge in [-0.25, -0.2) is 4.79 Å². The van der Waals surface area contributed by atoms with E-state index in [4.69, 9.17) is 9.90 Å². The Hall–Kier alpha value is -3.14. The van der Waals surface area contributed by atoms with Crippen LogP contribution >= 0.6 is 0 Å². The average molecular weight is 494 g/mol. The van der Waals surface area contributed by atoms with Crippen LogP contribution in [0.4, 0.5) is 13.2 Å². The van der Waals surface area contributed by atoms with Crippen molar-refractivity contribution in [2.24, 2.45) is 0 Å². The quantitative estimate of drug-likeness (QED) is 0.668. The molecular formula is C25H30F3N3O4. The largest absolute Gasteiger partial charge is 0.490 e. The lowest BCUT2D eigenvalue weighted by Crippen LogP contribution is -2.49. The van der Waals surface area contributed by atoms with Gasteiger partial charge in [-0.2, -0.15) is 13.2 Å². The van der Waals surface area contributed by atoms with Crippen LogP contribution in [0.25, 0.3) is 10.8 Å². The third kappa shape index (κ3) is 7.17. The molecule has 2 amide bonds. The molecule has 0 bridgehead atoms. The molecule has 2 aromatic rings. The van der Waals surface area contributed by atoms with Gasteiger partial charge in [-0.3, -0.25) is 9.59 Å². The number of nitrogens with zero attached hydrogens (tertiary/aromatic N) is 2. The van der Waals surface area contributed by atoms with Crippen LogP contribution < -0.4 is 5.32 Å². The van der Waals surface area contributed by atoms with Gasteiger partial charge in [-0.15, -0.1) is 0 Å². The van der Waals surface area contributed by atoms with Crippen molar-refractivity contribution in [3.63, 3.8) is 0 Å². The highest BCUT2D eigenvalue weighted by atomic mass is 19.4. The number of carbonyl (C=O) groups is 3. The lowest BCUT2D eigenvalue weighted by Gasteiger charge is -2.26. The summed E-state index contributed by atoms with van der Waals surface area (Å²) in [6, 6.07) is 14.4. The molecule has 0 saturated carbocycles. The summed E-state index contributed by atoms with van der Waals surface area (Å²) in [6.07, 6.45) is -0.760. The van der Waals surface area contributed by atoms with Gasteiger partial charge in [0.1, 0.15) is 6.04 Å². The Kier molecular flexibility index (Phi) is 8.71. The molecule has 2 atom stereocenters. The van der Waals surface area contributed by atoms with Crippen molar-refractivity contribution in [1.29, 1.82) is 0 Å². The Bertz CT molecular complexity index is 1060. The summed E-state index contributed by atoms with van der Waals surface area (Å²) in [5, 5.41) is 12.5. The van der Waals surface area contributed by atoms with Crippen LogP contribution in [0.1, 0.15) is 31.2 Å². The van der Waals surface area contributed by atoms with Crippen molar-refractivity contribution >= 4 is 28.6 Å². The molecule has 2 fully saturated rings. The Balaban J connectivity index is 0.000000429. The molecule has 2 saturated heterocycles. The highest BCUT2D eigenvalue weighted by molar-refractivity contribution is 5.90. The standard InChI is InChI=1S/C23H29N3O2.C2HF3O2/c1-25-12-4-8-20(25)16-24-23(28)21-9-5-13-26(21)22(27)15-17-10-11-18-6-2-3-7-19(18)14-17;3-2(4,5)1(6)7/h2-3,6-7,10-11,14,20-21H,4-5,8-9,12-13,15-16H2,1H3,(H,24,28);(H,6,7)/t20-,21?;/m0./s1. The average Bonchev–Trinajstić information content (AvgIpc) is 3.46. The van der Waals surface area contributed by atoms with E-state index >= 15 is 0 Å². The molecule has 190 valence electrons. The molecule has 35 heavy (non-hydrogen) atoms. The minimum atomic E-state index is -5.08. The Labute approximate surface area is 201 Å². The Morgan fingerprint density at radius 2 is 1.69 bits per heavy atom. The molecule has 0 aromatic heterocycles. The third-order valence-corrected chi connectivity index (χ3v) is 6.47. The number of carboxylic acid groups (broad SMARTS) is 1. The minimum absolute atomic E-state index is 0.00432. The number of hydrogen-bond acceptors (Lipinski definition) is 4. The van der Waals surface area contributed by atoms with E-state index < -0.39 is 12.1 Å². The molecule has 10 heteroatoms. The van der Waals surface area contributed by atoms with E-state index in [0.29, 0.717) is 25.6 Å². The molecule has 0 radical (unpaired) electrons. The molecule has 0 spiro atoms. The van der Waals surface area contributed by atoms with E-state index in [2.05, 4.69) is 41.5 Å². The van der Waals surface area contributed by atoms with E-state index in [-0.39, 0.29) is 17.9 Å². The summed E-state index contributed by atoms with van der Waals surface area (Å²) in [5.74, 6) is -2.71. The van der Waals surface area contributed by atoms with Gasteiger partial charge < -0.3 is 20.2 Å². The lowest BCUT2D eigenvalue weighted by atomic mass is 10.0. The van der Waals surface area contributed by atoms with Gasteiger partial charge in [0.05, 0.1) is 6.42 Å². The van der Waals surface area contributed by atoms with E-state index in [0.717, 1.165) is 36.8 Å². The third-order valence-electron chi connectivity index (χ3n) is 6.47. The van der Waals surface area contributed by atoms with Crippen molar-refractivity contribution < 1.29 is 32.7 Å². The fourth-order valence-corrected chi connectivity index (χ4v) is 4.54. The zero-order chi connectivity index (χ0) is 25.6. The van der Waals surface area contributed by atoms with Gasteiger partial charge >= 0.3 is 12.1 Å². The van der Waals surface area contributed by atoms with Gasteiger partial charge in [-0.1, -0.05) is 42.5 Å². The second-order valence-corrected chi connectivity index (χ2v) is 8.93. The number of rotatable bonds is 5. The molecule has 2 aliphatic heterocycles. The molecular weight excluding hydrogens is 463 g/mol. The van der Waals surface area contributed by atoms with Crippen LogP contribution in [0.5, 0.6) is 0 Å². The molecule has 2 aromatic carbocycles. The topological polar surface area (TPSA) is 90.0 Å². The monoisotopic (exact) mass is 493 g/mol. The fraction of sp³-hybridized carbons (Fsp3) is 0.480. The smallest absolute Gasteiger partial charge is 0.475 e. The summed E-state index contributed by atoms with van der Waals surface area (Å²) < 4.78 is 31.7. The number of likely N-dealkylation sites (tertiary alicyclic amines) is 2. The van der Waals surface area contributed by atoms with Crippen molar-refractivity contribution in [3.8, 4) is 0 Å². The van der Waals surface area contributed by atoms with Gasteiger partial charge in [0.25, 0.3) is 0 Å². The number of hydrogen-bond donors (Lipinski definition) is 2.